The Hall–Kier alpha value is -2.93. The van der Waals surface area contributed by atoms with Gasteiger partial charge in [-0.3, -0.25) is 14.9 Å². The highest BCUT2D eigenvalue weighted by atomic mass is 32.1. The zero-order chi connectivity index (χ0) is 22.1. The molecule has 2 aromatic carbocycles. The topological polar surface area (TPSA) is 79.5 Å². The Morgan fingerprint density at radius 3 is 2.58 bits per heavy atom. The van der Waals surface area contributed by atoms with Gasteiger partial charge in [-0.25, -0.2) is 0 Å². The number of rotatable bonds is 7. The summed E-state index contributed by atoms with van der Waals surface area (Å²) in [4.78, 5) is 25.2. The third kappa shape index (κ3) is 6.79. The Kier molecular flexibility index (Phi) is 8.41. The van der Waals surface area contributed by atoms with Crippen molar-refractivity contribution < 1.29 is 14.3 Å². The highest BCUT2D eigenvalue weighted by Crippen LogP contribution is 2.19. The Labute approximate surface area is 188 Å². The minimum atomic E-state index is -0.351. The quantitative estimate of drug-likeness (QED) is 0.547. The fourth-order valence-electron chi connectivity index (χ4n) is 3.58. The standard InChI is InChI=1S/C24H29N3O3S/c1-2-15-30-21-14-7-6-13-20(21)23(29)27-24(31)26-19-12-8-9-17(16-19)22(28)25-18-10-4-3-5-11-18/h6-9,12-14,16,18H,2-5,10-11,15H2,1H3,(H,25,28)(H2,26,27,29,31). The zero-order valence-corrected chi connectivity index (χ0v) is 18.6. The van der Waals surface area contributed by atoms with E-state index in [2.05, 4.69) is 16.0 Å². The van der Waals surface area contributed by atoms with Gasteiger partial charge in [-0.2, -0.15) is 0 Å². The molecule has 6 nitrogen and oxygen atoms in total. The highest BCUT2D eigenvalue weighted by molar-refractivity contribution is 7.80. The number of benzene rings is 2. The lowest BCUT2D eigenvalue weighted by molar-refractivity contribution is 0.0926. The monoisotopic (exact) mass is 439 g/mol. The molecular weight excluding hydrogens is 410 g/mol. The van der Waals surface area contributed by atoms with Gasteiger partial charge in [0.1, 0.15) is 5.75 Å². The number of carbonyl (C=O) groups is 2. The van der Waals surface area contributed by atoms with Crippen LogP contribution in [0.25, 0.3) is 0 Å². The SMILES string of the molecule is CCCOc1ccccc1C(=O)NC(=S)Nc1cccc(C(=O)NC2CCCCC2)c1. The van der Waals surface area contributed by atoms with Gasteiger partial charge in [-0.05, 0) is 61.8 Å². The first kappa shape index (κ1) is 22.7. The van der Waals surface area contributed by atoms with Gasteiger partial charge in [0.2, 0.25) is 0 Å². The number of thiocarbonyl (C=S) groups is 1. The summed E-state index contributed by atoms with van der Waals surface area (Å²) >= 11 is 5.30. The predicted octanol–water partition coefficient (Wildman–Crippen LogP) is 4.66. The molecule has 3 rings (SSSR count). The van der Waals surface area contributed by atoms with E-state index in [1.54, 1.807) is 42.5 Å². The first-order chi connectivity index (χ1) is 15.1. The number of anilines is 1. The predicted molar refractivity (Wildman–Crippen MR) is 127 cm³/mol. The minimum absolute atomic E-state index is 0.0903. The van der Waals surface area contributed by atoms with Crippen molar-refractivity contribution in [1.29, 1.82) is 0 Å². The van der Waals surface area contributed by atoms with E-state index in [1.165, 1.54) is 6.42 Å². The average molecular weight is 440 g/mol. The van der Waals surface area contributed by atoms with E-state index in [0.717, 1.165) is 32.1 Å². The maximum Gasteiger partial charge on any atom is 0.261 e. The van der Waals surface area contributed by atoms with Crippen LogP contribution in [0.3, 0.4) is 0 Å². The molecule has 164 valence electrons. The first-order valence-corrected chi connectivity index (χ1v) is 11.2. The molecule has 2 aromatic rings. The summed E-state index contributed by atoms with van der Waals surface area (Å²) in [6, 6.07) is 14.4. The van der Waals surface area contributed by atoms with Crippen molar-refractivity contribution in [2.24, 2.45) is 0 Å². The number of nitrogens with one attached hydrogen (secondary N) is 3. The van der Waals surface area contributed by atoms with Gasteiger partial charge in [0.15, 0.2) is 5.11 Å². The van der Waals surface area contributed by atoms with E-state index < -0.39 is 0 Å². The molecule has 0 aromatic heterocycles. The molecule has 1 aliphatic rings. The van der Waals surface area contributed by atoms with Crippen LogP contribution in [-0.2, 0) is 0 Å². The van der Waals surface area contributed by atoms with E-state index in [0.29, 0.717) is 29.2 Å². The van der Waals surface area contributed by atoms with Crippen molar-refractivity contribution >= 4 is 34.8 Å². The van der Waals surface area contributed by atoms with E-state index >= 15 is 0 Å². The molecule has 0 radical (unpaired) electrons. The van der Waals surface area contributed by atoms with Crippen LogP contribution >= 0.6 is 12.2 Å². The average Bonchev–Trinajstić information content (AvgIpc) is 2.78. The Morgan fingerprint density at radius 1 is 1.03 bits per heavy atom. The summed E-state index contributed by atoms with van der Waals surface area (Å²) in [5.41, 5.74) is 1.61. The maximum absolute atomic E-state index is 12.6. The molecule has 0 spiro atoms. The van der Waals surface area contributed by atoms with Crippen LogP contribution in [0.15, 0.2) is 48.5 Å². The summed E-state index contributed by atoms with van der Waals surface area (Å²) < 4.78 is 5.64. The molecule has 2 amide bonds. The highest BCUT2D eigenvalue weighted by Gasteiger charge is 2.17. The smallest absolute Gasteiger partial charge is 0.261 e. The van der Waals surface area contributed by atoms with Gasteiger partial charge < -0.3 is 15.4 Å². The van der Waals surface area contributed by atoms with Gasteiger partial charge in [0.25, 0.3) is 11.8 Å². The zero-order valence-electron chi connectivity index (χ0n) is 17.8. The van der Waals surface area contributed by atoms with Crippen molar-refractivity contribution in [2.75, 3.05) is 11.9 Å². The maximum atomic E-state index is 12.6. The van der Waals surface area contributed by atoms with Gasteiger partial charge >= 0.3 is 0 Å². The molecule has 0 bridgehead atoms. The molecule has 1 saturated carbocycles. The van der Waals surface area contributed by atoms with Crippen LogP contribution in [0.5, 0.6) is 5.75 Å². The summed E-state index contributed by atoms with van der Waals surface area (Å²) in [5, 5.41) is 8.92. The fraction of sp³-hybridized carbons (Fsp3) is 0.375. The summed E-state index contributed by atoms with van der Waals surface area (Å²) in [7, 11) is 0. The van der Waals surface area contributed by atoms with E-state index in [-0.39, 0.29) is 23.0 Å². The fourth-order valence-corrected chi connectivity index (χ4v) is 3.79. The van der Waals surface area contributed by atoms with Crippen LogP contribution in [0.4, 0.5) is 5.69 Å². The van der Waals surface area contributed by atoms with E-state index in [4.69, 9.17) is 17.0 Å². The number of ether oxygens (including phenoxy) is 1. The lowest BCUT2D eigenvalue weighted by Crippen LogP contribution is -2.36. The molecule has 31 heavy (non-hydrogen) atoms. The number of amides is 2. The molecule has 0 saturated heterocycles. The largest absolute Gasteiger partial charge is 0.493 e. The molecule has 0 unspecified atom stereocenters. The van der Waals surface area contributed by atoms with Gasteiger partial charge in [0.05, 0.1) is 12.2 Å². The first-order valence-electron chi connectivity index (χ1n) is 10.8. The van der Waals surface area contributed by atoms with E-state index in [1.807, 2.05) is 13.0 Å². The van der Waals surface area contributed by atoms with Crippen LogP contribution in [0, 0.1) is 0 Å². The summed E-state index contributed by atoms with van der Waals surface area (Å²) in [6.07, 6.45) is 6.47. The van der Waals surface area contributed by atoms with Crippen LogP contribution < -0.4 is 20.7 Å². The third-order valence-electron chi connectivity index (χ3n) is 5.14. The van der Waals surface area contributed by atoms with Crippen LogP contribution in [0.1, 0.15) is 66.2 Å². The minimum Gasteiger partial charge on any atom is -0.493 e. The lowest BCUT2D eigenvalue weighted by Gasteiger charge is -2.22. The van der Waals surface area contributed by atoms with Crippen molar-refractivity contribution in [3.8, 4) is 5.75 Å². The number of carbonyl (C=O) groups excluding carboxylic acids is 2. The molecule has 0 aliphatic heterocycles. The summed E-state index contributed by atoms with van der Waals surface area (Å²) in [6.45, 7) is 2.54. The van der Waals surface area contributed by atoms with Crippen molar-refractivity contribution in [1.82, 2.24) is 10.6 Å². The normalized spacial score (nSPS) is 13.8. The molecule has 3 N–H and O–H groups in total. The second-order valence-corrected chi connectivity index (χ2v) is 8.05. The van der Waals surface area contributed by atoms with Gasteiger partial charge in [-0.1, -0.05) is 44.4 Å². The number of hydrogen-bond donors (Lipinski definition) is 3. The van der Waals surface area contributed by atoms with Crippen LogP contribution in [-0.4, -0.2) is 29.6 Å². The lowest BCUT2D eigenvalue weighted by atomic mass is 9.95. The molecular formula is C24H29N3O3S. The van der Waals surface area contributed by atoms with Crippen molar-refractivity contribution in [3.05, 3.63) is 59.7 Å². The number of hydrogen-bond acceptors (Lipinski definition) is 4. The molecule has 7 heteroatoms. The van der Waals surface area contributed by atoms with Gasteiger partial charge in [-0.15, -0.1) is 0 Å². The molecule has 1 aliphatic carbocycles. The second-order valence-electron chi connectivity index (χ2n) is 7.64. The Bertz CT molecular complexity index is 926. The second kappa shape index (κ2) is 11.5. The van der Waals surface area contributed by atoms with Gasteiger partial charge in [0, 0.05) is 17.3 Å². The molecule has 0 heterocycles. The molecule has 1 fully saturated rings. The van der Waals surface area contributed by atoms with E-state index in [9.17, 15) is 9.59 Å². The summed E-state index contributed by atoms with van der Waals surface area (Å²) in [5.74, 6) is 0.0777. The van der Waals surface area contributed by atoms with Crippen molar-refractivity contribution in [2.45, 2.75) is 51.5 Å². The Morgan fingerprint density at radius 2 is 1.81 bits per heavy atom. The number of para-hydroxylation sites is 1. The Balaban J connectivity index is 1.59. The molecule has 0 atom stereocenters. The van der Waals surface area contributed by atoms with Crippen molar-refractivity contribution in [3.63, 3.8) is 0 Å². The third-order valence-corrected chi connectivity index (χ3v) is 5.35. The van der Waals surface area contributed by atoms with Crippen LogP contribution in [0.2, 0.25) is 0 Å².